The van der Waals surface area contributed by atoms with Crippen molar-refractivity contribution in [2.75, 3.05) is 26.9 Å². The topological polar surface area (TPSA) is 57.9 Å². The number of furan rings is 1. The molecule has 1 aromatic rings. The van der Waals surface area contributed by atoms with E-state index in [1.165, 1.54) is 7.11 Å². The first-order valence-electron chi connectivity index (χ1n) is 5.56. The monoisotopic (exact) mass is 242 g/mol. The van der Waals surface area contributed by atoms with Gasteiger partial charge in [-0.2, -0.15) is 0 Å². The number of hydrogen-bond acceptors (Lipinski definition) is 5. The quantitative estimate of drug-likeness (QED) is 0.541. The van der Waals surface area contributed by atoms with E-state index in [9.17, 15) is 4.79 Å². The molecule has 0 bridgehead atoms. The molecule has 0 amide bonds. The fourth-order valence-corrected chi connectivity index (χ4v) is 1.29. The van der Waals surface area contributed by atoms with Crippen molar-refractivity contribution in [2.45, 2.75) is 20.0 Å². The van der Waals surface area contributed by atoms with E-state index < -0.39 is 5.97 Å². The van der Waals surface area contributed by atoms with Crippen LogP contribution in [0.15, 0.2) is 16.5 Å². The summed E-state index contributed by atoms with van der Waals surface area (Å²) in [6, 6.07) is 3.28. The standard InChI is InChI=1S/C12H18O5/c1-4-15-7-8-16-9(2)10-5-6-11(17-10)12(13)14-3/h5-6,9H,4,7-8H2,1-3H3. The van der Waals surface area contributed by atoms with Gasteiger partial charge in [-0.25, -0.2) is 4.79 Å². The first-order chi connectivity index (χ1) is 8.19. The van der Waals surface area contributed by atoms with Crippen LogP contribution in [0.1, 0.15) is 36.3 Å². The van der Waals surface area contributed by atoms with Gasteiger partial charge in [-0.1, -0.05) is 0 Å². The van der Waals surface area contributed by atoms with E-state index in [4.69, 9.17) is 13.9 Å². The van der Waals surface area contributed by atoms with Gasteiger partial charge in [0.25, 0.3) is 0 Å². The Bertz CT molecular complexity index is 344. The lowest BCUT2D eigenvalue weighted by molar-refractivity contribution is 0.00515. The fourth-order valence-electron chi connectivity index (χ4n) is 1.29. The Balaban J connectivity index is 2.43. The number of hydrogen-bond donors (Lipinski definition) is 0. The van der Waals surface area contributed by atoms with Crippen LogP contribution in [0.4, 0.5) is 0 Å². The maximum Gasteiger partial charge on any atom is 0.373 e. The average Bonchev–Trinajstić information content (AvgIpc) is 2.83. The van der Waals surface area contributed by atoms with Crippen LogP contribution in [0.3, 0.4) is 0 Å². The summed E-state index contributed by atoms with van der Waals surface area (Å²) >= 11 is 0. The smallest absolute Gasteiger partial charge is 0.373 e. The van der Waals surface area contributed by atoms with Crippen LogP contribution in [0, 0.1) is 0 Å². The second kappa shape index (κ2) is 7.09. The molecular formula is C12H18O5. The number of esters is 1. The Morgan fingerprint density at radius 1 is 1.41 bits per heavy atom. The third-order valence-corrected chi connectivity index (χ3v) is 2.21. The summed E-state index contributed by atoms with van der Waals surface area (Å²) in [6.07, 6.45) is -0.214. The number of rotatable bonds is 7. The van der Waals surface area contributed by atoms with Crippen molar-refractivity contribution in [1.29, 1.82) is 0 Å². The summed E-state index contributed by atoms with van der Waals surface area (Å²) in [5.41, 5.74) is 0. The van der Waals surface area contributed by atoms with Crippen molar-refractivity contribution in [3.05, 3.63) is 23.7 Å². The zero-order valence-corrected chi connectivity index (χ0v) is 10.4. The lowest BCUT2D eigenvalue weighted by Gasteiger charge is -2.10. The molecule has 0 saturated heterocycles. The van der Waals surface area contributed by atoms with Gasteiger partial charge in [-0.3, -0.25) is 0 Å². The number of methoxy groups -OCH3 is 1. The lowest BCUT2D eigenvalue weighted by Crippen LogP contribution is -2.07. The highest BCUT2D eigenvalue weighted by Crippen LogP contribution is 2.19. The highest BCUT2D eigenvalue weighted by atomic mass is 16.5. The van der Waals surface area contributed by atoms with Gasteiger partial charge in [0.05, 0.1) is 20.3 Å². The second-order valence-electron chi connectivity index (χ2n) is 3.40. The van der Waals surface area contributed by atoms with Gasteiger partial charge >= 0.3 is 5.97 Å². The highest BCUT2D eigenvalue weighted by molar-refractivity contribution is 5.86. The van der Waals surface area contributed by atoms with Crippen LogP contribution in [0.2, 0.25) is 0 Å². The van der Waals surface area contributed by atoms with Gasteiger partial charge in [0.1, 0.15) is 11.9 Å². The van der Waals surface area contributed by atoms with Gasteiger partial charge in [0.2, 0.25) is 5.76 Å². The van der Waals surface area contributed by atoms with E-state index in [2.05, 4.69) is 4.74 Å². The Kier molecular flexibility index (Phi) is 5.72. The predicted octanol–water partition coefficient (Wildman–Crippen LogP) is 2.18. The Hall–Kier alpha value is -1.33. The van der Waals surface area contributed by atoms with Crippen LogP contribution in [0.25, 0.3) is 0 Å². The van der Waals surface area contributed by atoms with Crippen LogP contribution < -0.4 is 0 Å². The minimum absolute atomic E-state index is 0.183. The molecule has 0 aliphatic carbocycles. The summed E-state index contributed by atoms with van der Waals surface area (Å²) in [6.45, 7) is 5.49. The second-order valence-corrected chi connectivity index (χ2v) is 3.40. The van der Waals surface area contributed by atoms with Crippen LogP contribution in [-0.4, -0.2) is 32.9 Å². The van der Waals surface area contributed by atoms with Gasteiger partial charge < -0.3 is 18.6 Å². The molecule has 0 aliphatic heterocycles. The largest absolute Gasteiger partial charge is 0.463 e. The van der Waals surface area contributed by atoms with E-state index in [0.29, 0.717) is 25.6 Å². The van der Waals surface area contributed by atoms with Crippen LogP contribution in [0.5, 0.6) is 0 Å². The van der Waals surface area contributed by atoms with Crippen molar-refractivity contribution in [1.82, 2.24) is 0 Å². The third-order valence-electron chi connectivity index (χ3n) is 2.21. The summed E-state index contributed by atoms with van der Waals surface area (Å²) in [5.74, 6) is 0.294. The number of ether oxygens (including phenoxy) is 3. The maximum atomic E-state index is 11.2. The molecule has 5 nitrogen and oxygen atoms in total. The van der Waals surface area contributed by atoms with Gasteiger partial charge in [0, 0.05) is 6.61 Å². The first kappa shape index (κ1) is 13.7. The lowest BCUT2D eigenvalue weighted by atomic mass is 10.3. The molecule has 0 radical (unpaired) electrons. The summed E-state index contributed by atoms with van der Waals surface area (Å²) in [7, 11) is 1.31. The average molecular weight is 242 g/mol. The Morgan fingerprint density at radius 3 is 2.82 bits per heavy atom. The summed E-state index contributed by atoms with van der Waals surface area (Å²) in [4.78, 5) is 11.2. The van der Waals surface area contributed by atoms with Crippen LogP contribution >= 0.6 is 0 Å². The zero-order valence-electron chi connectivity index (χ0n) is 10.4. The van der Waals surface area contributed by atoms with Gasteiger partial charge in [-0.15, -0.1) is 0 Å². The highest BCUT2D eigenvalue weighted by Gasteiger charge is 2.15. The normalized spacial score (nSPS) is 12.4. The molecule has 17 heavy (non-hydrogen) atoms. The van der Waals surface area contributed by atoms with Crippen molar-refractivity contribution in [3.8, 4) is 0 Å². The van der Waals surface area contributed by atoms with Crippen molar-refractivity contribution < 1.29 is 23.4 Å². The SMILES string of the molecule is CCOCCOC(C)c1ccc(C(=O)OC)o1. The molecule has 0 N–H and O–H groups in total. The molecule has 0 fully saturated rings. The third kappa shape index (κ3) is 4.20. The minimum atomic E-state index is -0.488. The van der Waals surface area contributed by atoms with Gasteiger partial charge in [0.15, 0.2) is 0 Å². The Morgan fingerprint density at radius 2 is 2.18 bits per heavy atom. The summed E-state index contributed by atoms with van der Waals surface area (Å²) in [5, 5.41) is 0. The Labute approximate surface area is 101 Å². The number of carbonyl (C=O) groups excluding carboxylic acids is 1. The molecule has 0 spiro atoms. The maximum absolute atomic E-state index is 11.2. The molecule has 96 valence electrons. The molecule has 1 aromatic heterocycles. The van der Waals surface area contributed by atoms with Gasteiger partial charge in [-0.05, 0) is 26.0 Å². The van der Waals surface area contributed by atoms with E-state index in [1.54, 1.807) is 12.1 Å². The fraction of sp³-hybridized carbons (Fsp3) is 0.583. The molecule has 0 saturated carbocycles. The zero-order chi connectivity index (χ0) is 12.7. The van der Waals surface area contributed by atoms with Crippen LogP contribution in [-0.2, 0) is 14.2 Å². The molecule has 1 atom stereocenters. The molecule has 1 unspecified atom stereocenters. The number of carbonyl (C=O) groups is 1. The molecule has 1 heterocycles. The summed E-state index contributed by atoms with van der Waals surface area (Å²) < 4.78 is 20.5. The van der Waals surface area contributed by atoms with Crippen molar-refractivity contribution in [2.24, 2.45) is 0 Å². The molecule has 1 rings (SSSR count). The van der Waals surface area contributed by atoms with E-state index in [1.807, 2.05) is 13.8 Å². The first-order valence-corrected chi connectivity index (χ1v) is 5.56. The van der Waals surface area contributed by atoms with E-state index >= 15 is 0 Å². The molecule has 5 heteroatoms. The van der Waals surface area contributed by atoms with E-state index in [-0.39, 0.29) is 11.9 Å². The van der Waals surface area contributed by atoms with Crippen molar-refractivity contribution >= 4 is 5.97 Å². The van der Waals surface area contributed by atoms with E-state index in [0.717, 1.165) is 0 Å². The molecule has 0 aliphatic rings. The molecule has 0 aromatic carbocycles. The minimum Gasteiger partial charge on any atom is -0.463 e. The predicted molar refractivity (Wildman–Crippen MR) is 60.9 cm³/mol. The molecular weight excluding hydrogens is 224 g/mol. The van der Waals surface area contributed by atoms with Crippen molar-refractivity contribution in [3.63, 3.8) is 0 Å².